The molecule has 0 spiro atoms. The Balaban J connectivity index is 0.00000392. The lowest BCUT2D eigenvalue weighted by Gasteiger charge is -2.16. The molecule has 0 unspecified atom stereocenters. The number of rotatable bonds is 12. The van der Waals surface area contributed by atoms with Crippen LogP contribution in [0.15, 0.2) is 36.4 Å². The Morgan fingerprint density at radius 3 is 2.43 bits per heavy atom. The van der Waals surface area contributed by atoms with Crippen LogP contribution in [0.4, 0.5) is 0 Å². The molecule has 0 aliphatic heterocycles. The van der Waals surface area contributed by atoms with Crippen LogP contribution in [0.2, 0.25) is 10.0 Å². The monoisotopic (exact) mass is 445 g/mol. The van der Waals surface area contributed by atoms with Crippen LogP contribution in [0.25, 0.3) is 0 Å². The SMILES string of the molecule is CCCCCCNCc1cc(Cl)c(OCc2ccccc2Cl)c(OCC)c1.Cl. The zero-order valence-corrected chi connectivity index (χ0v) is 18.9. The van der Waals surface area contributed by atoms with Crippen LogP contribution in [-0.2, 0) is 13.2 Å². The minimum Gasteiger partial charge on any atom is -0.490 e. The fraction of sp³-hybridized carbons (Fsp3) is 0.455. The van der Waals surface area contributed by atoms with E-state index in [1.807, 2.05) is 43.3 Å². The largest absolute Gasteiger partial charge is 0.490 e. The lowest BCUT2D eigenvalue weighted by atomic mass is 10.1. The van der Waals surface area contributed by atoms with Crippen molar-refractivity contribution < 1.29 is 9.47 Å². The Kier molecular flexibility index (Phi) is 12.4. The van der Waals surface area contributed by atoms with Crippen molar-refractivity contribution in [2.75, 3.05) is 13.2 Å². The van der Waals surface area contributed by atoms with E-state index in [2.05, 4.69) is 12.2 Å². The maximum atomic E-state index is 6.49. The van der Waals surface area contributed by atoms with Crippen molar-refractivity contribution in [1.29, 1.82) is 0 Å². The first kappa shape index (κ1) is 24.9. The highest BCUT2D eigenvalue weighted by atomic mass is 35.5. The first-order chi connectivity index (χ1) is 13.2. The molecule has 2 aromatic carbocycles. The second kappa shape index (κ2) is 13.9. The molecule has 0 amide bonds. The fourth-order valence-electron chi connectivity index (χ4n) is 2.80. The van der Waals surface area contributed by atoms with Gasteiger partial charge in [0.15, 0.2) is 11.5 Å². The van der Waals surface area contributed by atoms with Crippen LogP contribution in [0.5, 0.6) is 11.5 Å². The van der Waals surface area contributed by atoms with Crippen molar-refractivity contribution in [2.24, 2.45) is 0 Å². The molecule has 0 fully saturated rings. The van der Waals surface area contributed by atoms with Crippen molar-refractivity contribution >= 4 is 35.6 Å². The first-order valence-corrected chi connectivity index (χ1v) is 10.4. The van der Waals surface area contributed by atoms with Crippen molar-refractivity contribution in [3.8, 4) is 11.5 Å². The highest BCUT2D eigenvalue weighted by molar-refractivity contribution is 6.32. The lowest BCUT2D eigenvalue weighted by Crippen LogP contribution is -2.15. The predicted molar refractivity (Wildman–Crippen MR) is 122 cm³/mol. The van der Waals surface area contributed by atoms with Crippen molar-refractivity contribution in [3.63, 3.8) is 0 Å². The van der Waals surface area contributed by atoms with E-state index in [1.54, 1.807) is 0 Å². The zero-order chi connectivity index (χ0) is 19.5. The summed E-state index contributed by atoms with van der Waals surface area (Å²) in [5.74, 6) is 1.23. The van der Waals surface area contributed by atoms with E-state index in [0.717, 1.165) is 24.2 Å². The molecule has 6 heteroatoms. The van der Waals surface area contributed by atoms with Gasteiger partial charge in [-0.15, -0.1) is 12.4 Å². The lowest BCUT2D eigenvalue weighted by molar-refractivity contribution is 0.269. The number of ether oxygens (including phenoxy) is 2. The summed E-state index contributed by atoms with van der Waals surface area (Å²) >= 11 is 12.7. The van der Waals surface area contributed by atoms with E-state index in [9.17, 15) is 0 Å². The van der Waals surface area contributed by atoms with Crippen molar-refractivity contribution in [3.05, 3.63) is 57.6 Å². The molecule has 0 aliphatic rings. The smallest absolute Gasteiger partial charge is 0.180 e. The summed E-state index contributed by atoms with van der Waals surface area (Å²) in [6.07, 6.45) is 5.00. The van der Waals surface area contributed by atoms with Gasteiger partial charge in [-0.2, -0.15) is 0 Å². The van der Waals surface area contributed by atoms with Gasteiger partial charge in [0, 0.05) is 17.1 Å². The topological polar surface area (TPSA) is 30.5 Å². The molecule has 0 saturated carbocycles. The van der Waals surface area contributed by atoms with Crippen LogP contribution in [0.3, 0.4) is 0 Å². The fourth-order valence-corrected chi connectivity index (χ4v) is 3.28. The molecule has 0 aromatic heterocycles. The van der Waals surface area contributed by atoms with Gasteiger partial charge in [-0.3, -0.25) is 0 Å². The first-order valence-electron chi connectivity index (χ1n) is 9.67. The second-order valence-corrected chi connectivity index (χ2v) is 7.27. The van der Waals surface area contributed by atoms with Crippen LogP contribution in [0, 0.1) is 0 Å². The summed E-state index contributed by atoms with van der Waals surface area (Å²) in [6.45, 7) is 6.83. The van der Waals surface area contributed by atoms with E-state index < -0.39 is 0 Å². The summed E-state index contributed by atoms with van der Waals surface area (Å²) in [5, 5.41) is 4.70. The maximum absolute atomic E-state index is 6.49. The Bertz CT molecular complexity index is 710. The second-order valence-electron chi connectivity index (χ2n) is 6.46. The molecule has 2 aromatic rings. The van der Waals surface area contributed by atoms with Crippen LogP contribution in [0.1, 0.15) is 50.7 Å². The minimum absolute atomic E-state index is 0. The molecule has 1 N–H and O–H groups in total. The van der Waals surface area contributed by atoms with Gasteiger partial charge in [0.05, 0.1) is 11.6 Å². The van der Waals surface area contributed by atoms with Gasteiger partial charge in [0.1, 0.15) is 6.61 Å². The number of unbranched alkanes of at least 4 members (excludes halogenated alkanes) is 3. The number of hydrogen-bond acceptors (Lipinski definition) is 3. The van der Waals surface area contributed by atoms with Crippen molar-refractivity contribution in [2.45, 2.75) is 52.7 Å². The van der Waals surface area contributed by atoms with Gasteiger partial charge >= 0.3 is 0 Å². The third-order valence-electron chi connectivity index (χ3n) is 4.24. The molecule has 0 heterocycles. The summed E-state index contributed by atoms with van der Waals surface area (Å²) in [4.78, 5) is 0. The maximum Gasteiger partial charge on any atom is 0.180 e. The van der Waals surface area contributed by atoms with E-state index in [1.165, 1.54) is 25.7 Å². The van der Waals surface area contributed by atoms with Gasteiger partial charge in [0.2, 0.25) is 0 Å². The molecular formula is C22H30Cl3NO2. The average Bonchev–Trinajstić information content (AvgIpc) is 2.65. The average molecular weight is 447 g/mol. The Labute approximate surface area is 185 Å². The summed E-state index contributed by atoms with van der Waals surface area (Å²) in [5.41, 5.74) is 2.00. The molecule has 2 rings (SSSR count). The standard InChI is InChI=1S/C22H29Cl2NO2.ClH/c1-3-5-6-9-12-25-15-17-13-20(24)22(21(14-17)26-4-2)27-16-18-10-7-8-11-19(18)23;/h7-8,10-11,13-14,25H,3-6,9,12,15-16H2,1-2H3;1H. The molecule has 0 radical (unpaired) electrons. The highest BCUT2D eigenvalue weighted by Crippen LogP contribution is 2.37. The molecule has 0 aliphatic carbocycles. The molecule has 0 bridgehead atoms. The molecule has 156 valence electrons. The van der Waals surface area contributed by atoms with Gasteiger partial charge in [-0.25, -0.2) is 0 Å². The van der Waals surface area contributed by atoms with Crippen LogP contribution in [-0.4, -0.2) is 13.2 Å². The number of hydrogen-bond donors (Lipinski definition) is 1. The normalized spacial score (nSPS) is 10.4. The van der Waals surface area contributed by atoms with Crippen LogP contribution >= 0.6 is 35.6 Å². The quantitative estimate of drug-likeness (QED) is 0.354. The Morgan fingerprint density at radius 2 is 1.71 bits per heavy atom. The van der Waals surface area contributed by atoms with Gasteiger partial charge in [-0.05, 0) is 43.7 Å². The Morgan fingerprint density at radius 1 is 0.929 bits per heavy atom. The molecule has 28 heavy (non-hydrogen) atoms. The summed E-state index contributed by atoms with van der Waals surface area (Å²) in [7, 11) is 0. The number of halogens is 3. The van der Waals surface area contributed by atoms with E-state index in [-0.39, 0.29) is 12.4 Å². The van der Waals surface area contributed by atoms with Gasteiger partial charge in [-0.1, -0.05) is 67.6 Å². The molecule has 0 atom stereocenters. The molecule has 0 saturated heterocycles. The predicted octanol–water partition coefficient (Wildman–Crippen LogP) is 7.06. The Hall–Kier alpha value is -1.13. The third kappa shape index (κ3) is 8.08. The van der Waals surface area contributed by atoms with E-state index in [0.29, 0.717) is 34.8 Å². The van der Waals surface area contributed by atoms with E-state index >= 15 is 0 Å². The minimum atomic E-state index is 0. The molecular weight excluding hydrogens is 417 g/mol. The number of nitrogens with one attached hydrogen (secondary N) is 1. The van der Waals surface area contributed by atoms with Gasteiger partial charge in [0.25, 0.3) is 0 Å². The number of benzene rings is 2. The molecule has 3 nitrogen and oxygen atoms in total. The van der Waals surface area contributed by atoms with Crippen molar-refractivity contribution in [1.82, 2.24) is 5.32 Å². The van der Waals surface area contributed by atoms with Gasteiger partial charge < -0.3 is 14.8 Å². The van der Waals surface area contributed by atoms with Crippen LogP contribution < -0.4 is 14.8 Å². The van der Waals surface area contributed by atoms with E-state index in [4.69, 9.17) is 32.7 Å². The summed E-state index contributed by atoms with van der Waals surface area (Å²) in [6, 6.07) is 11.6. The summed E-state index contributed by atoms with van der Waals surface area (Å²) < 4.78 is 11.7. The third-order valence-corrected chi connectivity index (χ3v) is 4.88. The zero-order valence-electron chi connectivity index (χ0n) is 16.6. The highest BCUT2D eigenvalue weighted by Gasteiger charge is 2.13.